The molecule has 0 bridgehead atoms. The van der Waals surface area contributed by atoms with Gasteiger partial charge in [-0.1, -0.05) is 19.8 Å². The van der Waals surface area contributed by atoms with Crippen LogP contribution in [-0.2, 0) is 4.79 Å². The molecule has 0 radical (unpaired) electrons. The van der Waals surface area contributed by atoms with Gasteiger partial charge >= 0.3 is 0 Å². The predicted molar refractivity (Wildman–Crippen MR) is 71.7 cm³/mol. The summed E-state index contributed by atoms with van der Waals surface area (Å²) in [6, 6.07) is 0.440. The van der Waals surface area contributed by atoms with Crippen LogP contribution in [0.4, 0.5) is 0 Å². The smallest absolute Gasteiger partial charge is 0.222 e. The van der Waals surface area contributed by atoms with Gasteiger partial charge in [0.25, 0.3) is 0 Å². The lowest BCUT2D eigenvalue weighted by atomic mass is 9.93. The van der Waals surface area contributed by atoms with E-state index in [9.17, 15) is 4.79 Å². The zero-order valence-corrected chi connectivity index (χ0v) is 11.5. The summed E-state index contributed by atoms with van der Waals surface area (Å²) in [5.41, 5.74) is 5.44. The van der Waals surface area contributed by atoms with Gasteiger partial charge in [-0.05, 0) is 45.1 Å². The van der Waals surface area contributed by atoms with E-state index in [4.69, 9.17) is 5.73 Å². The van der Waals surface area contributed by atoms with E-state index < -0.39 is 0 Å². The summed E-state index contributed by atoms with van der Waals surface area (Å²) in [5.74, 6) is 1.13. The third kappa shape index (κ3) is 5.07. The predicted octanol–water partition coefficient (Wildman–Crippen LogP) is 2.54. The minimum Gasteiger partial charge on any atom is -0.340 e. The lowest BCUT2D eigenvalue weighted by Crippen LogP contribution is -2.44. The van der Waals surface area contributed by atoms with E-state index in [2.05, 4.69) is 18.7 Å². The van der Waals surface area contributed by atoms with Crippen molar-refractivity contribution in [2.75, 3.05) is 13.1 Å². The van der Waals surface area contributed by atoms with E-state index >= 15 is 0 Å². The molecule has 0 aromatic carbocycles. The van der Waals surface area contributed by atoms with Gasteiger partial charge in [0, 0.05) is 19.0 Å². The summed E-state index contributed by atoms with van der Waals surface area (Å²) in [4.78, 5) is 14.1. The first-order valence-corrected chi connectivity index (χ1v) is 7.14. The van der Waals surface area contributed by atoms with Crippen molar-refractivity contribution in [3.8, 4) is 0 Å². The molecule has 1 fully saturated rings. The molecule has 1 amide bonds. The molecule has 3 nitrogen and oxygen atoms in total. The number of amides is 1. The monoisotopic (exact) mass is 240 g/mol. The van der Waals surface area contributed by atoms with E-state index in [-0.39, 0.29) is 0 Å². The van der Waals surface area contributed by atoms with Crippen LogP contribution in [0.3, 0.4) is 0 Å². The highest BCUT2D eigenvalue weighted by Gasteiger charge is 2.25. The number of unbranched alkanes of at least 4 members (excludes halogenated alkanes) is 3. The van der Waals surface area contributed by atoms with E-state index in [0.29, 0.717) is 11.9 Å². The zero-order chi connectivity index (χ0) is 12.7. The quantitative estimate of drug-likeness (QED) is 0.725. The molecule has 1 aliphatic heterocycles. The van der Waals surface area contributed by atoms with Crippen LogP contribution in [-0.4, -0.2) is 29.9 Å². The number of nitrogens with zero attached hydrogens (tertiary/aromatic N) is 1. The normalized spacial score (nSPS) is 25.0. The lowest BCUT2D eigenvalue weighted by molar-refractivity contribution is -0.135. The Hall–Kier alpha value is -0.570. The molecule has 0 aromatic heterocycles. The maximum atomic E-state index is 12.0. The Morgan fingerprint density at radius 1 is 1.24 bits per heavy atom. The van der Waals surface area contributed by atoms with E-state index in [1.807, 2.05) is 0 Å². The SMILES string of the molecule is CC1CCN(C(=O)CCCCCCN)C(C)C1. The van der Waals surface area contributed by atoms with E-state index in [0.717, 1.165) is 51.1 Å². The maximum absolute atomic E-state index is 12.0. The third-order valence-corrected chi connectivity index (χ3v) is 3.80. The molecule has 1 aliphatic rings. The second kappa shape index (κ2) is 7.70. The van der Waals surface area contributed by atoms with Crippen LogP contribution >= 0.6 is 0 Å². The molecule has 100 valence electrons. The topological polar surface area (TPSA) is 46.3 Å². The second-order valence-corrected chi connectivity index (χ2v) is 5.52. The van der Waals surface area contributed by atoms with Gasteiger partial charge in [0.15, 0.2) is 0 Å². The molecule has 2 atom stereocenters. The van der Waals surface area contributed by atoms with Crippen molar-refractivity contribution < 1.29 is 4.79 Å². The molecule has 1 rings (SSSR count). The molecular formula is C14H28N2O. The summed E-state index contributed by atoms with van der Waals surface area (Å²) < 4.78 is 0. The van der Waals surface area contributed by atoms with Crippen molar-refractivity contribution >= 4 is 5.91 Å². The summed E-state index contributed by atoms with van der Waals surface area (Å²) in [5, 5.41) is 0. The molecular weight excluding hydrogens is 212 g/mol. The Labute approximate surface area is 106 Å². The molecule has 17 heavy (non-hydrogen) atoms. The number of likely N-dealkylation sites (tertiary alicyclic amines) is 1. The minimum absolute atomic E-state index is 0.358. The molecule has 0 spiro atoms. The van der Waals surface area contributed by atoms with Gasteiger partial charge in [0.1, 0.15) is 0 Å². The van der Waals surface area contributed by atoms with Gasteiger partial charge in [-0.2, -0.15) is 0 Å². The number of carbonyl (C=O) groups is 1. The number of carbonyl (C=O) groups excluding carboxylic acids is 1. The van der Waals surface area contributed by atoms with Gasteiger partial charge in [0.05, 0.1) is 0 Å². The number of hydrogen-bond acceptors (Lipinski definition) is 2. The van der Waals surface area contributed by atoms with Crippen molar-refractivity contribution in [1.82, 2.24) is 4.90 Å². The van der Waals surface area contributed by atoms with Crippen molar-refractivity contribution in [3.05, 3.63) is 0 Å². The molecule has 0 aliphatic carbocycles. The fourth-order valence-corrected chi connectivity index (χ4v) is 2.70. The Balaban J connectivity index is 2.18. The maximum Gasteiger partial charge on any atom is 0.222 e. The van der Waals surface area contributed by atoms with Gasteiger partial charge in [-0.15, -0.1) is 0 Å². The molecule has 0 aromatic rings. The highest BCUT2D eigenvalue weighted by Crippen LogP contribution is 2.23. The number of piperidine rings is 1. The fraction of sp³-hybridized carbons (Fsp3) is 0.929. The highest BCUT2D eigenvalue weighted by molar-refractivity contribution is 5.76. The molecule has 3 heteroatoms. The van der Waals surface area contributed by atoms with Crippen LogP contribution in [0.15, 0.2) is 0 Å². The van der Waals surface area contributed by atoms with Crippen LogP contribution in [0.1, 0.15) is 58.8 Å². The first-order chi connectivity index (χ1) is 8.15. The highest BCUT2D eigenvalue weighted by atomic mass is 16.2. The Bertz CT molecular complexity index is 230. The number of nitrogens with two attached hydrogens (primary N) is 1. The zero-order valence-electron chi connectivity index (χ0n) is 11.5. The molecule has 2 N–H and O–H groups in total. The second-order valence-electron chi connectivity index (χ2n) is 5.52. The average molecular weight is 240 g/mol. The Morgan fingerprint density at radius 3 is 2.59 bits per heavy atom. The van der Waals surface area contributed by atoms with Gasteiger partial charge in [-0.3, -0.25) is 4.79 Å². The Morgan fingerprint density at radius 2 is 1.94 bits per heavy atom. The van der Waals surface area contributed by atoms with Crippen LogP contribution in [0, 0.1) is 5.92 Å². The number of hydrogen-bond donors (Lipinski definition) is 1. The molecule has 2 unspecified atom stereocenters. The molecule has 0 saturated carbocycles. The largest absolute Gasteiger partial charge is 0.340 e. The van der Waals surface area contributed by atoms with Crippen molar-refractivity contribution in [2.45, 2.75) is 64.8 Å². The third-order valence-electron chi connectivity index (χ3n) is 3.80. The first-order valence-electron chi connectivity index (χ1n) is 7.14. The van der Waals surface area contributed by atoms with Crippen molar-refractivity contribution in [3.63, 3.8) is 0 Å². The van der Waals surface area contributed by atoms with Crippen LogP contribution < -0.4 is 5.73 Å². The van der Waals surface area contributed by atoms with Crippen molar-refractivity contribution in [2.24, 2.45) is 11.7 Å². The van der Waals surface area contributed by atoms with E-state index in [1.165, 1.54) is 12.8 Å². The Kier molecular flexibility index (Phi) is 6.56. The van der Waals surface area contributed by atoms with E-state index in [1.54, 1.807) is 0 Å². The molecule has 1 heterocycles. The van der Waals surface area contributed by atoms with Gasteiger partial charge in [-0.25, -0.2) is 0 Å². The van der Waals surface area contributed by atoms with Gasteiger partial charge in [0.2, 0.25) is 5.91 Å². The van der Waals surface area contributed by atoms with Crippen LogP contribution in [0.25, 0.3) is 0 Å². The average Bonchev–Trinajstić information content (AvgIpc) is 2.28. The number of rotatable bonds is 6. The summed E-state index contributed by atoms with van der Waals surface area (Å²) in [6.07, 6.45) is 7.48. The van der Waals surface area contributed by atoms with Gasteiger partial charge < -0.3 is 10.6 Å². The minimum atomic E-state index is 0.358. The standard InChI is InChI=1S/C14H28N2O/c1-12-8-10-16(13(2)11-12)14(17)7-5-3-4-6-9-15/h12-13H,3-11,15H2,1-2H3. The summed E-state index contributed by atoms with van der Waals surface area (Å²) >= 11 is 0. The lowest BCUT2D eigenvalue weighted by Gasteiger charge is -2.36. The fourth-order valence-electron chi connectivity index (χ4n) is 2.70. The summed E-state index contributed by atoms with van der Waals surface area (Å²) in [7, 11) is 0. The van der Waals surface area contributed by atoms with Crippen LogP contribution in [0.5, 0.6) is 0 Å². The van der Waals surface area contributed by atoms with Crippen LogP contribution in [0.2, 0.25) is 0 Å². The first kappa shape index (κ1) is 14.5. The summed E-state index contributed by atoms with van der Waals surface area (Å²) in [6.45, 7) is 6.20. The van der Waals surface area contributed by atoms with Crippen molar-refractivity contribution in [1.29, 1.82) is 0 Å². The molecule has 1 saturated heterocycles.